The molecular weight excluding hydrogens is 396 g/mol. The zero-order chi connectivity index (χ0) is 20.1. The summed E-state index contributed by atoms with van der Waals surface area (Å²) in [5, 5.41) is 5.69. The Labute approximate surface area is 170 Å². The molecule has 0 unspecified atom stereocenters. The SMILES string of the molecule is Cc1nn(CC(C)C)c2sc(C(=O)N3CCN([C@H]4CCS(=O)(=O)C4)CC3)cc12. The Morgan fingerprint density at radius 3 is 2.61 bits per heavy atom. The molecule has 0 aliphatic carbocycles. The molecule has 0 radical (unpaired) electrons. The topological polar surface area (TPSA) is 75.5 Å². The van der Waals surface area contributed by atoms with Gasteiger partial charge in [0.1, 0.15) is 4.83 Å². The van der Waals surface area contributed by atoms with E-state index in [9.17, 15) is 13.2 Å². The monoisotopic (exact) mass is 424 g/mol. The van der Waals surface area contributed by atoms with Crippen LogP contribution in [0.15, 0.2) is 6.07 Å². The number of carbonyl (C=O) groups excluding carboxylic acids is 1. The molecule has 2 aromatic rings. The maximum absolute atomic E-state index is 13.0. The minimum absolute atomic E-state index is 0.0791. The van der Waals surface area contributed by atoms with Gasteiger partial charge in [-0.1, -0.05) is 13.8 Å². The third kappa shape index (κ3) is 3.84. The van der Waals surface area contributed by atoms with Crippen LogP contribution in [0.5, 0.6) is 0 Å². The van der Waals surface area contributed by atoms with Crippen LogP contribution in [0.25, 0.3) is 10.2 Å². The molecule has 1 amide bonds. The number of piperazine rings is 1. The van der Waals surface area contributed by atoms with Crippen molar-refractivity contribution in [1.82, 2.24) is 19.6 Å². The van der Waals surface area contributed by atoms with Gasteiger partial charge in [-0.15, -0.1) is 11.3 Å². The number of carbonyl (C=O) groups is 1. The normalized spacial score (nSPS) is 23.1. The van der Waals surface area contributed by atoms with E-state index >= 15 is 0 Å². The van der Waals surface area contributed by atoms with E-state index in [-0.39, 0.29) is 17.7 Å². The van der Waals surface area contributed by atoms with Crippen molar-refractivity contribution in [1.29, 1.82) is 0 Å². The average Bonchev–Trinajstić information content (AvgIpc) is 3.30. The Morgan fingerprint density at radius 2 is 2.00 bits per heavy atom. The third-order valence-corrected chi connectivity index (χ3v) is 8.57. The maximum Gasteiger partial charge on any atom is 0.264 e. The van der Waals surface area contributed by atoms with Crippen molar-refractivity contribution in [3.63, 3.8) is 0 Å². The fourth-order valence-corrected chi connectivity index (χ4v) is 7.10. The number of thiophene rings is 1. The predicted octanol–water partition coefficient (Wildman–Crippen LogP) is 2.01. The summed E-state index contributed by atoms with van der Waals surface area (Å²) < 4.78 is 25.5. The molecule has 4 rings (SSSR count). The summed E-state index contributed by atoms with van der Waals surface area (Å²) in [5.41, 5.74) is 0.971. The van der Waals surface area contributed by atoms with Crippen LogP contribution in [0.4, 0.5) is 0 Å². The molecule has 2 aliphatic rings. The number of nitrogens with zero attached hydrogens (tertiary/aromatic N) is 4. The van der Waals surface area contributed by atoms with Gasteiger partial charge < -0.3 is 4.90 Å². The molecule has 0 spiro atoms. The zero-order valence-electron chi connectivity index (χ0n) is 16.7. The molecule has 7 nitrogen and oxygen atoms in total. The van der Waals surface area contributed by atoms with E-state index in [2.05, 4.69) is 23.8 Å². The number of hydrogen-bond acceptors (Lipinski definition) is 6. The third-order valence-electron chi connectivity index (χ3n) is 5.68. The lowest BCUT2D eigenvalue weighted by Crippen LogP contribution is -2.52. The van der Waals surface area contributed by atoms with Crippen LogP contribution in [0.1, 0.15) is 35.6 Å². The molecule has 4 heterocycles. The van der Waals surface area contributed by atoms with Crippen molar-refractivity contribution in [2.75, 3.05) is 37.7 Å². The average molecular weight is 425 g/mol. The highest BCUT2D eigenvalue weighted by Gasteiger charge is 2.34. The number of aryl methyl sites for hydroxylation is 1. The largest absolute Gasteiger partial charge is 0.335 e. The zero-order valence-corrected chi connectivity index (χ0v) is 18.4. The summed E-state index contributed by atoms with van der Waals surface area (Å²) >= 11 is 1.53. The summed E-state index contributed by atoms with van der Waals surface area (Å²) in [4.78, 5) is 19.0. The highest BCUT2D eigenvalue weighted by molar-refractivity contribution is 7.91. The van der Waals surface area contributed by atoms with Crippen LogP contribution >= 0.6 is 11.3 Å². The van der Waals surface area contributed by atoms with Gasteiger partial charge in [-0.3, -0.25) is 14.4 Å². The van der Waals surface area contributed by atoms with Crippen LogP contribution in [-0.4, -0.2) is 77.6 Å². The minimum Gasteiger partial charge on any atom is -0.335 e. The fourth-order valence-electron chi connectivity index (χ4n) is 4.20. The molecule has 2 aliphatic heterocycles. The summed E-state index contributed by atoms with van der Waals surface area (Å²) in [6.07, 6.45) is 0.720. The Balaban J connectivity index is 1.44. The van der Waals surface area contributed by atoms with Gasteiger partial charge in [-0.05, 0) is 25.3 Å². The van der Waals surface area contributed by atoms with E-state index in [1.165, 1.54) is 11.3 Å². The molecule has 0 aromatic carbocycles. The van der Waals surface area contributed by atoms with Crippen molar-refractivity contribution in [2.45, 2.75) is 39.8 Å². The van der Waals surface area contributed by atoms with Crippen LogP contribution in [0.2, 0.25) is 0 Å². The smallest absolute Gasteiger partial charge is 0.264 e. The lowest BCUT2D eigenvalue weighted by Gasteiger charge is -2.37. The Hall–Kier alpha value is -1.45. The van der Waals surface area contributed by atoms with Crippen LogP contribution in [0, 0.1) is 12.8 Å². The Morgan fingerprint density at radius 1 is 1.29 bits per heavy atom. The Kier molecular flexibility index (Phi) is 5.26. The molecule has 2 aromatic heterocycles. The number of hydrogen-bond donors (Lipinski definition) is 0. The van der Waals surface area contributed by atoms with Crippen molar-refractivity contribution in [2.24, 2.45) is 5.92 Å². The molecule has 154 valence electrons. The fraction of sp³-hybridized carbons (Fsp3) is 0.684. The van der Waals surface area contributed by atoms with E-state index in [0.29, 0.717) is 24.8 Å². The van der Waals surface area contributed by atoms with E-state index in [1.54, 1.807) is 0 Å². The lowest BCUT2D eigenvalue weighted by atomic mass is 10.2. The van der Waals surface area contributed by atoms with Gasteiger partial charge in [-0.25, -0.2) is 8.42 Å². The maximum atomic E-state index is 13.0. The summed E-state index contributed by atoms with van der Waals surface area (Å²) in [6.45, 7) is 9.97. The molecule has 0 bridgehead atoms. The van der Waals surface area contributed by atoms with Crippen molar-refractivity contribution < 1.29 is 13.2 Å². The quantitative estimate of drug-likeness (QED) is 0.750. The molecule has 2 fully saturated rings. The van der Waals surface area contributed by atoms with Gasteiger partial charge in [0.05, 0.1) is 22.1 Å². The van der Waals surface area contributed by atoms with Gasteiger partial charge in [0.2, 0.25) is 0 Å². The highest BCUT2D eigenvalue weighted by Crippen LogP contribution is 2.30. The Bertz CT molecular complexity index is 984. The number of amides is 1. The van der Waals surface area contributed by atoms with Gasteiger partial charge in [0, 0.05) is 44.2 Å². The molecule has 0 N–H and O–H groups in total. The standard InChI is InChI=1S/C19H28N4O3S2/c1-13(2)11-23-19-16(14(3)20-23)10-17(27-19)18(24)22-7-5-21(6-8-22)15-4-9-28(25,26)12-15/h10,13,15H,4-9,11-12H2,1-3H3/t15-/m0/s1. The van der Waals surface area contributed by atoms with Crippen molar-refractivity contribution >= 4 is 37.3 Å². The number of fused-ring (bicyclic) bond motifs is 1. The first-order valence-electron chi connectivity index (χ1n) is 9.94. The first-order chi connectivity index (χ1) is 13.2. The number of rotatable bonds is 4. The van der Waals surface area contributed by atoms with Crippen molar-refractivity contribution in [3.05, 3.63) is 16.6 Å². The first kappa shape index (κ1) is 19.8. The molecule has 1 atom stereocenters. The number of aromatic nitrogens is 2. The lowest BCUT2D eigenvalue weighted by molar-refractivity contribution is 0.0592. The highest BCUT2D eigenvalue weighted by atomic mass is 32.2. The second-order valence-corrected chi connectivity index (χ2v) is 11.6. The second-order valence-electron chi connectivity index (χ2n) is 8.38. The predicted molar refractivity (Wildman–Crippen MR) is 112 cm³/mol. The molecule has 0 saturated carbocycles. The van der Waals surface area contributed by atoms with Crippen LogP contribution < -0.4 is 0 Å². The van der Waals surface area contributed by atoms with Crippen molar-refractivity contribution in [3.8, 4) is 0 Å². The molecule has 2 saturated heterocycles. The van der Waals surface area contributed by atoms with Crippen LogP contribution in [0.3, 0.4) is 0 Å². The van der Waals surface area contributed by atoms with E-state index in [1.807, 2.05) is 22.6 Å². The molecule has 9 heteroatoms. The summed E-state index contributed by atoms with van der Waals surface area (Å²) in [6, 6.07) is 2.11. The minimum atomic E-state index is -2.87. The van der Waals surface area contributed by atoms with Gasteiger partial charge in [0.15, 0.2) is 9.84 Å². The van der Waals surface area contributed by atoms with Gasteiger partial charge in [-0.2, -0.15) is 5.10 Å². The first-order valence-corrected chi connectivity index (χ1v) is 12.6. The van der Waals surface area contributed by atoms with E-state index in [4.69, 9.17) is 0 Å². The molecular formula is C19H28N4O3S2. The number of sulfone groups is 1. The van der Waals surface area contributed by atoms with Crippen LogP contribution in [-0.2, 0) is 16.4 Å². The van der Waals surface area contributed by atoms with Gasteiger partial charge in [0.25, 0.3) is 5.91 Å². The summed E-state index contributed by atoms with van der Waals surface area (Å²) in [7, 11) is -2.87. The molecule has 28 heavy (non-hydrogen) atoms. The van der Waals surface area contributed by atoms with Gasteiger partial charge >= 0.3 is 0 Å². The van der Waals surface area contributed by atoms with E-state index in [0.717, 1.165) is 46.8 Å². The van der Waals surface area contributed by atoms with E-state index < -0.39 is 9.84 Å². The second kappa shape index (κ2) is 7.42. The summed E-state index contributed by atoms with van der Waals surface area (Å²) in [5.74, 6) is 1.14.